The van der Waals surface area contributed by atoms with Gasteiger partial charge in [0.25, 0.3) is 0 Å². The number of carbonyl (C=O) groups excluding carboxylic acids is 1. The molecular formula is C20H23F2NO2. The Hall–Kier alpha value is -2.43. The van der Waals surface area contributed by atoms with Gasteiger partial charge in [-0.05, 0) is 24.3 Å². The first-order valence-corrected chi connectivity index (χ1v) is 8.42. The Balaban J connectivity index is 1.61. The van der Waals surface area contributed by atoms with Gasteiger partial charge >= 0.3 is 0 Å². The summed E-state index contributed by atoms with van der Waals surface area (Å²) in [5.74, 6) is -0.919. The van der Waals surface area contributed by atoms with E-state index >= 15 is 0 Å². The Bertz CT molecular complexity index is 656. The van der Waals surface area contributed by atoms with E-state index in [1.54, 1.807) is 0 Å². The van der Waals surface area contributed by atoms with Crippen molar-refractivity contribution in [3.63, 3.8) is 0 Å². The largest absolute Gasteiger partial charge is 0.493 e. The third kappa shape index (κ3) is 7.33. The molecular weight excluding hydrogens is 324 g/mol. The molecule has 0 bridgehead atoms. The van der Waals surface area contributed by atoms with Crippen LogP contribution < -0.4 is 10.1 Å². The molecule has 0 fully saturated rings. The van der Waals surface area contributed by atoms with E-state index in [-0.39, 0.29) is 17.6 Å². The molecule has 1 N–H and O–H groups in total. The summed E-state index contributed by atoms with van der Waals surface area (Å²) in [6, 6.07) is 12.9. The second kappa shape index (κ2) is 9.77. The lowest BCUT2D eigenvalue weighted by Gasteiger charge is -2.13. The van der Waals surface area contributed by atoms with Crippen molar-refractivity contribution in [1.29, 1.82) is 0 Å². The molecule has 0 heterocycles. The predicted molar refractivity (Wildman–Crippen MR) is 93.2 cm³/mol. The maximum Gasteiger partial charge on any atom is 0.220 e. The van der Waals surface area contributed by atoms with E-state index in [4.69, 9.17) is 4.74 Å². The van der Waals surface area contributed by atoms with E-state index in [1.807, 2.05) is 37.3 Å². The van der Waals surface area contributed by atoms with Crippen LogP contribution in [0.3, 0.4) is 0 Å². The van der Waals surface area contributed by atoms with Crippen molar-refractivity contribution in [3.05, 3.63) is 65.7 Å². The van der Waals surface area contributed by atoms with E-state index in [1.165, 1.54) is 0 Å². The van der Waals surface area contributed by atoms with Crippen LogP contribution in [0.15, 0.2) is 48.5 Å². The minimum atomic E-state index is -0.655. The Kier molecular flexibility index (Phi) is 7.38. The Labute approximate surface area is 147 Å². The average Bonchev–Trinajstić information content (AvgIpc) is 2.58. The quantitative estimate of drug-likeness (QED) is 0.727. The first-order valence-electron chi connectivity index (χ1n) is 8.42. The zero-order valence-corrected chi connectivity index (χ0v) is 14.3. The number of rotatable bonds is 9. The molecule has 1 atom stereocenters. The molecule has 1 amide bonds. The highest BCUT2D eigenvalue weighted by Crippen LogP contribution is 2.17. The fourth-order valence-electron chi connectivity index (χ4n) is 2.43. The smallest absolute Gasteiger partial charge is 0.220 e. The molecule has 134 valence electrons. The van der Waals surface area contributed by atoms with Gasteiger partial charge in [-0.3, -0.25) is 4.79 Å². The summed E-state index contributed by atoms with van der Waals surface area (Å²) in [6.07, 6.45) is 1.99. The molecule has 0 aliphatic heterocycles. The number of halogens is 2. The lowest BCUT2D eigenvalue weighted by atomic mass is 10.0. The summed E-state index contributed by atoms with van der Waals surface area (Å²) in [6.45, 7) is 2.87. The summed E-state index contributed by atoms with van der Waals surface area (Å²) in [7, 11) is 0. The van der Waals surface area contributed by atoms with Crippen LogP contribution >= 0.6 is 0 Å². The SMILES string of the molecule is C[C@H](CCCC(=O)NCc1ccccc1)COc1cc(F)cc(F)c1. The molecule has 2 aromatic carbocycles. The third-order valence-electron chi connectivity index (χ3n) is 3.80. The number of amides is 1. The number of hydrogen-bond acceptors (Lipinski definition) is 2. The van der Waals surface area contributed by atoms with E-state index < -0.39 is 11.6 Å². The standard InChI is InChI=1S/C20H23F2NO2/c1-15(14-25-19-11-17(21)10-18(22)12-19)6-5-9-20(24)23-13-16-7-3-2-4-8-16/h2-4,7-8,10-12,15H,5-6,9,13-14H2,1H3,(H,23,24)/t15-/m1/s1. The molecule has 0 saturated heterocycles. The van der Waals surface area contributed by atoms with Crippen molar-refractivity contribution in [2.75, 3.05) is 6.61 Å². The van der Waals surface area contributed by atoms with Gasteiger partial charge in [0.2, 0.25) is 5.91 Å². The molecule has 0 unspecified atom stereocenters. The molecule has 2 rings (SSSR count). The Morgan fingerprint density at radius 2 is 1.80 bits per heavy atom. The van der Waals surface area contributed by atoms with Crippen molar-refractivity contribution in [3.8, 4) is 5.75 Å². The molecule has 0 aromatic heterocycles. The van der Waals surface area contributed by atoms with Gasteiger partial charge in [0.05, 0.1) is 6.61 Å². The van der Waals surface area contributed by atoms with Gasteiger partial charge in [-0.2, -0.15) is 0 Å². The fraction of sp³-hybridized carbons (Fsp3) is 0.350. The van der Waals surface area contributed by atoms with E-state index in [2.05, 4.69) is 5.32 Å². The van der Waals surface area contributed by atoms with Crippen molar-refractivity contribution < 1.29 is 18.3 Å². The topological polar surface area (TPSA) is 38.3 Å². The van der Waals surface area contributed by atoms with Gasteiger partial charge in [0.15, 0.2) is 0 Å². The molecule has 0 radical (unpaired) electrons. The number of nitrogens with one attached hydrogen (secondary N) is 1. The first-order chi connectivity index (χ1) is 12.0. The van der Waals surface area contributed by atoms with Crippen LogP contribution in [-0.2, 0) is 11.3 Å². The van der Waals surface area contributed by atoms with E-state index in [9.17, 15) is 13.6 Å². The highest BCUT2D eigenvalue weighted by atomic mass is 19.1. The third-order valence-corrected chi connectivity index (χ3v) is 3.80. The minimum Gasteiger partial charge on any atom is -0.493 e. The van der Waals surface area contributed by atoms with Gasteiger partial charge in [-0.15, -0.1) is 0 Å². The monoisotopic (exact) mass is 347 g/mol. The summed E-state index contributed by atoms with van der Waals surface area (Å²) < 4.78 is 31.6. The number of benzene rings is 2. The van der Waals surface area contributed by atoms with Gasteiger partial charge < -0.3 is 10.1 Å². The zero-order chi connectivity index (χ0) is 18.1. The summed E-state index contributed by atoms with van der Waals surface area (Å²) in [4.78, 5) is 11.8. The molecule has 0 saturated carbocycles. The van der Waals surface area contributed by atoms with E-state index in [0.717, 1.165) is 36.6 Å². The predicted octanol–water partition coefficient (Wildman–Crippen LogP) is 4.47. The second-order valence-corrected chi connectivity index (χ2v) is 6.18. The van der Waals surface area contributed by atoms with Crippen molar-refractivity contribution in [2.24, 2.45) is 5.92 Å². The average molecular weight is 347 g/mol. The Morgan fingerprint density at radius 3 is 2.48 bits per heavy atom. The van der Waals surface area contributed by atoms with Crippen LogP contribution in [0.4, 0.5) is 8.78 Å². The molecule has 2 aromatic rings. The molecule has 3 nitrogen and oxygen atoms in total. The van der Waals surface area contributed by atoms with Gasteiger partial charge in [-0.25, -0.2) is 8.78 Å². The molecule has 0 spiro atoms. The normalized spacial score (nSPS) is 11.8. The van der Waals surface area contributed by atoms with E-state index in [0.29, 0.717) is 19.6 Å². The number of hydrogen-bond donors (Lipinski definition) is 1. The van der Waals surface area contributed by atoms with Crippen molar-refractivity contribution in [1.82, 2.24) is 5.32 Å². The van der Waals surface area contributed by atoms with Crippen molar-refractivity contribution >= 4 is 5.91 Å². The highest BCUT2D eigenvalue weighted by Gasteiger charge is 2.08. The maximum atomic E-state index is 13.1. The van der Waals surface area contributed by atoms with Crippen LogP contribution in [0.2, 0.25) is 0 Å². The summed E-state index contributed by atoms with van der Waals surface area (Å²) >= 11 is 0. The lowest BCUT2D eigenvalue weighted by molar-refractivity contribution is -0.121. The summed E-state index contributed by atoms with van der Waals surface area (Å²) in [5, 5.41) is 2.89. The van der Waals surface area contributed by atoms with Crippen LogP contribution in [-0.4, -0.2) is 12.5 Å². The van der Waals surface area contributed by atoms with Crippen LogP contribution in [0, 0.1) is 17.6 Å². The molecule has 5 heteroatoms. The van der Waals surface area contributed by atoms with Crippen molar-refractivity contribution in [2.45, 2.75) is 32.7 Å². The minimum absolute atomic E-state index is 0.0178. The van der Waals surface area contributed by atoms with Crippen LogP contribution in [0.1, 0.15) is 31.7 Å². The maximum absolute atomic E-state index is 13.1. The highest BCUT2D eigenvalue weighted by molar-refractivity contribution is 5.75. The van der Waals surface area contributed by atoms with Gasteiger partial charge in [0.1, 0.15) is 17.4 Å². The van der Waals surface area contributed by atoms with Gasteiger partial charge in [-0.1, -0.05) is 37.3 Å². The second-order valence-electron chi connectivity index (χ2n) is 6.18. The molecule has 0 aliphatic rings. The molecule has 0 aliphatic carbocycles. The van der Waals surface area contributed by atoms with Gasteiger partial charge in [0, 0.05) is 31.2 Å². The Morgan fingerprint density at radius 1 is 1.12 bits per heavy atom. The number of ether oxygens (including phenoxy) is 1. The first kappa shape index (κ1) is 18.9. The van der Waals surface area contributed by atoms with Crippen LogP contribution in [0.5, 0.6) is 5.75 Å². The lowest BCUT2D eigenvalue weighted by Crippen LogP contribution is -2.22. The summed E-state index contributed by atoms with van der Waals surface area (Å²) in [5.41, 5.74) is 1.07. The molecule has 25 heavy (non-hydrogen) atoms. The number of carbonyl (C=O) groups is 1. The fourth-order valence-corrected chi connectivity index (χ4v) is 2.43. The van der Waals surface area contributed by atoms with Crippen LogP contribution in [0.25, 0.3) is 0 Å². The zero-order valence-electron chi connectivity index (χ0n) is 14.3.